The Bertz CT molecular complexity index is 230. The average Bonchev–Trinajstić information content (AvgIpc) is 2.41. The summed E-state index contributed by atoms with van der Waals surface area (Å²) in [5.41, 5.74) is 5.43. The number of hydrogen-bond acceptors (Lipinski definition) is 6. The third-order valence-electron chi connectivity index (χ3n) is 2.41. The first-order valence-electron chi connectivity index (χ1n) is 5.31. The molecule has 0 saturated carbocycles. The van der Waals surface area contributed by atoms with E-state index < -0.39 is 30.6 Å². The van der Waals surface area contributed by atoms with E-state index in [9.17, 15) is 15.3 Å². The molecule has 6 nitrogen and oxygen atoms in total. The second-order valence-electron chi connectivity index (χ2n) is 5.06. The molecule has 0 bridgehead atoms. The molecule has 0 aromatic carbocycles. The Kier molecular flexibility index (Phi) is 4.28. The fraction of sp³-hybridized carbons (Fsp3) is 1.00. The van der Waals surface area contributed by atoms with E-state index in [-0.39, 0.29) is 12.2 Å². The molecular weight excluding hydrogens is 214 g/mol. The van der Waals surface area contributed by atoms with Gasteiger partial charge in [0.25, 0.3) is 0 Å². The van der Waals surface area contributed by atoms with Gasteiger partial charge in [-0.1, -0.05) is 0 Å². The fourth-order valence-corrected chi connectivity index (χ4v) is 1.48. The van der Waals surface area contributed by atoms with Gasteiger partial charge in [-0.2, -0.15) is 0 Å². The Hall–Kier alpha value is -0.240. The van der Waals surface area contributed by atoms with Crippen molar-refractivity contribution in [2.24, 2.45) is 5.73 Å². The van der Waals surface area contributed by atoms with Crippen molar-refractivity contribution in [1.29, 1.82) is 0 Å². The van der Waals surface area contributed by atoms with Gasteiger partial charge in [-0.3, -0.25) is 0 Å². The highest BCUT2D eigenvalue weighted by molar-refractivity contribution is 4.92. The van der Waals surface area contributed by atoms with Gasteiger partial charge in [-0.05, 0) is 20.8 Å². The minimum Gasteiger partial charge on any atom is -0.387 e. The predicted octanol–water partition coefficient (Wildman–Crippen LogP) is -1.43. The Balaban J connectivity index is 2.46. The zero-order valence-corrected chi connectivity index (χ0v) is 9.83. The Morgan fingerprint density at radius 1 is 1.25 bits per heavy atom. The molecule has 96 valence electrons. The Labute approximate surface area is 95.0 Å². The van der Waals surface area contributed by atoms with Crippen molar-refractivity contribution >= 4 is 0 Å². The molecule has 5 N–H and O–H groups in total. The van der Waals surface area contributed by atoms with Gasteiger partial charge in [0, 0.05) is 0 Å². The van der Waals surface area contributed by atoms with Crippen LogP contribution in [-0.4, -0.2) is 58.2 Å². The maximum Gasteiger partial charge on any atom is 0.184 e. The van der Waals surface area contributed by atoms with Crippen molar-refractivity contribution in [3.63, 3.8) is 0 Å². The van der Waals surface area contributed by atoms with Gasteiger partial charge in [0.05, 0.1) is 18.2 Å². The third-order valence-corrected chi connectivity index (χ3v) is 2.41. The summed E-state index contributed by atoms with van der Waals surface area (Å²) < 4.78 is 10.4. The normalized spacial score (nSPS) is 37.7. The smallest absolute Gasteiger partial charge is 0.184 e. The molecule has 0 spiro atoms. The standard InChI is InChI=1S/C10H21NO5/c1-10(2,3)15-4-5(11)8-6(12)7(13)9(14)16-8/h5-9,12-14H,4,11H2,1-3H3/t5-,6+,7+,8+,9+/m1/s1. The Morgan fingerprint density at radius 3 is 2.19 bits per heavy atom. The summed E-state index contributed by atoms with van der Waals surface area (Å²) in [6, 6.07) is -0.596. The summed E-state index contributed by atoms with van der Waals surface area (Å²) in [5, 5.41) is 28.0. The van der Waals surface area contributed by atoms with Crippen LogP contribution in [0.1, 0.15) is 20.8 Å². The lowest BCUT2D eigenvalue weighted by molar-refractivity contribution is -0.135. The predicted molar refractivity (Wildman–Crippen MR) is 56.6 cm³/mol. The van der Waals surface area contributed by atoms with Crippen LogP contribution < -0.4 is 5.73 Å². The molecule has 0 radical (unpaired) electrons. The lowest BCUT2D eigenvalue weighted by Gasteiger charge is -2.26. The summed E-state index contributed by atoms with van der Waals surface area (Å²) in [5.74, 6) is 0. The summed E-state index contributed by atoms with van der Waals surface area (Å²) in [7, 11) is 0. The zero-order chi connectivity index (χ0) is 12.5. The van der Waals surface area contributed by atoms with Crippen LogP contribution in [0.5, 0.6) is 0 Å². The van der Waals surface area contributed by atoms with Crippen molar-refractivity contribution in [2.75, 3.05) is 6.61 Å². The first-order valence-corrected chi connectivity index (χ1v) is 5.31. The van der Waals surface area contributed by atoms with Crippen LogP contribution in [0.15, 0.2) is 0 Å². The highest BCUT2D eigenvalue weighted by atomic mass is 16.6. The first kappa shape index (κ1) is 13.8. The van der Waals surface area contributed by atoms with Gasteiger partial charge in [-0.15, -0.1) is 0 Å². The average molecular weight is 235 g/mol. The number of hydrogen-bond donors (Lipinski definition) is 4. The van der Waals surface area contributed by atoms with Gasteiger partial charge in [0.2, 0.25) is 0 Å². The molecule has 1 heterocycles. The second kappa shape index (κ2) is 4.95. The number of ether oxygens (including phenoxy) is 2. The van der Waals surface area contributed by atoms with Crippen LogP contribution in [0.3, 0.4) is 0 Å². The van der Waals surface area contributed by atoms with Gasteiger partial charge in [-0.25, -0.2) is 0 Å². The highest BCUT2D eigenvalue weighted by Crippen LogP contribution is 2.22. The van der Waals surface area contributed by atoms with Crippen LogP contribution in [0.4, 0.5) is 0 Å². The highest BCUT2D eigenvalue weighted by Gasteiger charge is 2.44. The molecular formula is C10H21NO5. The number of rotatable bonds is 3. The fourth-order valence-electron chi connectivity index (χ4n) is 1.48. The third kappa shape index (κ3) is 3.38. The molecule has 16 heavy (non-hydrogen) atoms. The molecule has 5 atom stereocenters. The van der Waals surface area contributed by atoms with E-state index in [1.165, 1.54) is 0 Å². The molecule has 1 aliphatic heterocycles. The van der Waals surface area contributed by atoms with E-state index >= 15 is 0 Å². The van der Waals surface area contributed by atoms with Gasteiger partial charge in [0.15, 0.2) is 6.29 Å². The number of aliphatic hydroxyl groups excluding tert-OH is 3. The Morgan fingerprint density at radius 2 is 1.81 bits per heavy atom. The largest absolute Gasteiger partial charge is 0.387 e. The van der Waals surface area contributed by atoms with Crippen LogP contribution >= 0.6 is 0 Å². The quantitative estimate of drug-likeness (QED) is 0.478. The molecule has 1 fully saturated rings. The van der Waals surface area contributed by atoms with Crippen molar-refractivity contribution in [2.45, 2.75) is 57.0 Å². The van der Waals surface area contributed by atoms with Crippen molar-refractivity contribution in [1.82, 2.24) is 0 Å². The minimum atomic E-state index is -1.39. The minimum absolute atomic E-state index is 0.185. The molecule has 6 heteroatoms. The number of nitrogens with two attached hydrogens (primary N) is 1. The maximum atomic E-state index is 9.56. The summed E-state index contributed by atoms with van der Waals surface area (Å²) in [6.45, 7) is 5.84. The van der Waals surface area contributed by atoms with Gasteiger partial charge in [0.1, 0.15) is 18.3 Å². The second-order valence-corrected chi connectivity index (χ2v) is 5.06. The molecule has 0 aliphatic carbocycles. The van der Waals surface area contributed by atoms with Gasteiger partial charge >= 0.3 is 0 Å². The zero-order valence-electron chi connectivity index (χ0n) is 9.83. The summed E-state index contributed by atoms with van der Waals surface area (Å²) >= 11 is 0. The van der Waals surface area contributed by atoms with E-state index in [0.29, 0.717) is 0 Å². The van der Waals surface area contributed by atoms with Crippen LogP contribution in [0, 0.1) is 0 Å². The van der Waals surface area contributed by atoms with E-state index in [2.05, 4.69) is 0 Å². The molecule has 1 saturated heterocycles. The van der Waals surface area contributed by atoms with E-state index in [4.69, 9.17) is 15.2 Å². The van der Waals surface area contributed by atoms with E-state index in [0.717, 1.165) is 0 Å². The molecule has 0 amide bonds. The SMILES string of the molecule is CC(C)(C)OC[C@@H](N)[C@@H]1O[C@H](O)[C@@H](O)[C@@H]1O. The van der Waals surface area contributed by atoms with Crippen LogP contribution in [-0.2, 0) is 9.47 Å². The van der Waals surface area contributed by atoms with Crippen LogP contribution in [0.2, 0.25) is 0 Å². The van der Waals surface area contributed by atoms with Crippen molar-refractivity contribution in [3.8, 4) is 0 Å². The number of aliphatic hydroxyl groups is 3. The summed E-state index contributed by atoms with van der Waals surface area (Å²) in [4.78, 5) is 0. The molecule has 1 aliphatic rings. The monoisotopic (exact) mass is 235 g/mol. The van der Waals surface area contributed by atoms with Crippen molar-refractivity contribution < 1.29 is 24.8 Å². The lowest BCUT2D eigenvalue weighted by atomic mass is 10.0. The first-order chi connectivity index (χ1) is 7.22. The van der Waals surface area contributed by atoms with Crippen LogP contribution in [0.25, 0.3) is 0 Å². The van der Waals surface area contributed by atoms with Crippen molar-refractivity contribution in [3.05, 3.63) is 0 Å². The molecule has 0 aromatic rings. The van der Waals surface area contributed by atoms with Gasteiger partial charge < -0.3 is 30.5 Å². The molecule has 0 aromatic heterocycles. The topological polar surface area (TPSA) is 105 Å². The van der Waals surface area contributed by atoms with E-state index in [1.807, 2.05) is 20.8 Å². The summed E-state index contributed by atoms with van der Waals surface area (Å²) in [6.07, 6.45) is -4.70. The molecule has 0 unspecified atom stereocenters. The van der Waals surface area contributed by atoms with E-state index in [1.54, 1.807) is 0 Å². The maximum absolute atomic E-state index is 9.56. The molecule has 1 rings (SSSR count). The lowest BCUT2D eigenvalue weighted by Crippen LogP contribution is -2.47.